The Kier molecular flexibility index (Phi) is 4.13. The normalized spacial score (nSPS) is 10.0. The number of aromatic nitrogens is 1. The second-order valence-electron chi connectivity index (χ2n) is 4.05. The molecule has 1 N–H and O–H groups in total. The number of pyridine rings is 1. The highest BCUT2D eigenvalue weighted by Crippen LogP contribution is 2.21. The van der Waals surface area contributed by atoms with Gasteiger partial charge in [-0.1, -0.05) is 6.07 Å². The number of nitriles is 1. The van der Waals surface area contributed by atoms with E-state index in [-0.39, 0.29) is 5.82 Å². The number of nitrogens with one attached hydrogen (secondary N) is 1. The van der Waals surface area contributed by atoms with Crippen LogP contribution in [0.5, 0.6) is 0 Å². The van der Waals surface area contributed by atoms with Gasteiger partial charge in [-0.15, -0.1) is 0 Å². The third-order valence-electron chi connectivity index (χ3n) is 2.71. The molecule has 19 heavy (non-hydrogen) atoms. The molecular formula is C14H11BrFN3. The van der Waals surface area contributed by atoms with Gasteiger partial charge < -0.3 is 5.32 Å². The molecule has 3 nitrogen and oxygen atoms in total. The van der Waals surface area contributed by atoms with Crippen molar-refractivity contribution >= 4 is 21.6 Å². The van der Waals surface area contributed by atoms with Crippen molar-refractivity contribution in [2.24, 2.45) is 0 Å². The lowest BCUT2D eigenvalue weighted by Crippen LogP contribution is -2.04. The first-order chi connectivity index (χ1) is 9.10. The Hall–Kier alpha value is -1.93. The summed E-state index contributed by atoms with van der Waals surface area (Å²) in [6.07, 6.45) is 0. The highest BCUT2D eigenvalue weighted by atomic mass is 79.9. The van der Waals surface area contributed by atoms with Crippen LogP contribution in [0, 0.1) is 24.1 Å². The summed E-state index contributed by atoms with van der Waals surface area (Å²) >= 11 is 3.30. The summed E-state index contributed by atoms with van der Waals surface area (Å²) in [5.41, 5.74) is 2.23. The molecule has 1 aromatic carbocycles. The van der Waals surface area contributed by atoms with Crippen LogP contribution >= 0.6 is 15.9 Å². The zero-order valence-corrected chi connectivity index (χ0v) is 11.8. The van der Waals surface area contributed by atoms with E-state index >= 15 is 0 Å². The largest absolute Gasteiger partial charge is 0.379 e. The first kappa shape index (κ1) is 13.5. The summed E-state index contributed by atoms with van der Waals surface area (Å²) in [7, 11) is 0. The monoisotopic (exact) mass is 319 g/mol. The van der Waals surface area contributed by atoms with E-state index in [1.54, 1.807) is 13.0 Å². The van der Waals surface area contributed by atoms with Crippen molar-refractivity contribution in [2.75, 3.05) is 5.32 Å². The van der Waals surface area contributed by atoms with Crippen LogP contribution in [0.15, 0.2) is 34.9 Å². The fourth-order valence-electron chi connectivity index (χ4n) is 1.66. The van der Waals surface area contributed by atoms with Crippen LogP contribution in [0.3, 0.4) is 0 Å². The van der Waals surface area contributed by atoms with Crippen LogP contribution in [0.2, 0.25) is 0 Å². The zero-order chi connectivity index (χ0) is 13.8. The molecule has 1 aromatic heterocycles. The molecular weight excluding hydrogens is 309 g/mol. The van der Waals surface area contributed by atoms with Gasteiger partial charge in [-0.3, -0.25) is 0 Å². The second kappa shape index (κ2) is 5.81. The zero-order valence-electron chi connectivity index (χ0n) is 10.2. The molecule has 0 fully saturated rings. The average molecular weight is 320 g/mol. The highest BCUT2D eigenvalue weighted by Gasteiger charge is 2.07. The van der Waals surface area contributed by atoms with Crippen molar-refractivity contribution in [3.05, 3.63) is 57.6 Å². The topological polar surface area (TPSA) is 48.7 Å². The summed E-state index contributed by atoms with van der Waals surface area (Å²) < 4.78 is 14.4. The first-order valence-corrected chi connectivity index (χ1v) is 6.45. The number of hydrogen-bond acceptors (Lipinski definition) is 3. The molecule has 0 bridgehead atoms. The predicted molar refractivity (Wildman–Crippen MR) is 75.1 cm³/mol. The van der Waals surface area contributed by atoms with Crippen molar-refractivity contribution in [3.8, 4) is 6.07 Å². The van der Waals surface area contributed by atoms with Crippen molar-refractivity contribution in [3.63, 3.8) is 0 Å². The number of halogens is 2. The fraction of sp³-hybridized carbons (Fsp3) is 0.143. The smallest absolute Gasteiger partial charge is 0.129 e. The van der Waals surface area contributed by atoms with Gasteiger partial charge in [0.05, 0.1) is 23.9 Å². The lowest BCUT2D eigenvalue weighted by atomic mass is 10.1. The number of hydrogen-bond donors (Lipinski definition) is 1. The van der Waals surface area contributed by atoms with E-state index in [1.807, 2.05) is 24.3 Å². The van der Waals surface area contributed by atoms with Crippen molar-refractivity contribution in [2.45, 2.75) is 13.5 Å². The molecule has 0 amide bonds. The van der Waals surface area contributed by atoms with Crippen LogP contribution in [0.25, 0.3) is 0 Å². The van der Waals surface area contributed by atoms with E-state index in [4.69, 9.17) is 5.26 Å². The molecule has 1 heterocycles. The summed E-state index contributed by atoms with van der Waals surface area (Å²) in [5.74, 6) is -0.385. The summed E-state index contributed by atoms with van der Waals surface area (Å²) in [6, 6.07) is 10.4. The predicted octanol–water partition coefficient (Wildman–Crippen LogP) is 3.78. The van der Waals surface area contributed by atoms with Gasteiger partial charge >= 0.3 is 0 Å². The standard InChI is InChI=1S/C14H11BrFN3/c1-9-12(16)5-10(7-17)6-13(9)18-8-11-3-2-4-14(15)19-11/h2-6,18H,8H2,1H3. The number of anilines is 1. The fourth-order valence-corrected chi connectivity index (χ4v) is 2.04. The number of nitrogens with zero attached hydrogens (tertiary/aromatic N) is 2. The van der Waals surface area contributed by atoms with E-state index in [9.17, 15) is 4.39 Å². The van der Waals surface area contributed by atoms with Gasteiger partial charge in [-0.25, -0.2) is 9.37 Å². The van der Waals surface area contributed by atoms with E-state index in [0.717, 1.165) is 10.3 Å². The summed E-state index contributed by atoms with van der Waals surface area (Å²) in [4.78, 5) is 4.28. The SMILES string of the molecule is Cc1c(F)cc(C#N)cc1NCc1cccc(Br)n1. The maximum atomic E-state index is 13.6. The van der Waals surface area contributed by atoms with Crippen LogP contribution in [0.1, 0.15) is 16.8 Å². The van der Waals surface area contributed by atoms with Crippen molar-refractivity contribution in [1.82, 2.24) is 4.98 Å². The highest BCUT2D eigenvalue weighted by molar-refractivity contribution is 9.10. The Morgan fingerprint density at radius 1 is 1.42 bits per heavy atom. The lowest BCUT2D eigenvalue weighted by molar-refractivity contribution is 0.618. The van der Waals surface area contributed by atoms with Gasteiger partial charge in [0.2, 0.25) is 0 Å². The second-order valence-corrected chi connectivity index (χ2v) is 4.86. The molecule has 0 saturated carbocycles. The molecule has 0 atom stereocenters. The van der Waals surface area contributed by atoms with Crippen LogP contribution < -0.4 is 5.32 Å². The molecule has 0 aliphatic rings. The minimum Gasteiger partial charge on any atom is -0.379 e. The Morgan fingerprint density at radius 2 is 2.21 bits per heavy atom. The molecule has 0 spiro atoms. The minimum atomic E-state index is -0.385. The third kappa shape index (κ3) is 3.30. The third-order valence-corrected chi connectivity index (χ3v) is 3.15. The molecule has 0 aliphatic carbocycles. The molecule has 2 aromatic rings. The van der Waals surface area contributed by atoms with Gasteiger partial charge in [0.25, 0.3) is 0 Å². The Bertz CT molecular complexity index is 650. The van der Waals surface area contributed by atoms with E-state index in [2.05, 4.69) is 26.2 Å². The van der Waals surface area contributed by atoms with Gasteiger partial charge in [0, 0.05) is 11.3 Å². The molecule has 0 aliphatic heterocycles. The summed E-state index contributed by atoms with van der Waals surface area (Å²) in [5, 5.41) is 11.9. The van der Waals surface area contributed by atoms with E-state index in [1.165, 1.54) is 6.07 Å². The van der Waals surface area contributed by atoms with Crippen molar-refractivity contribution in [1.29, 1.82) is 5.26 Å². The minimum absolute atomic E-state index is 0.299. The lowest BCUT2D eigenvalue weighted by Gasteiger charge is -2.10. The maximum absolute atomic E-state index is 13.6. The van der Waals surface area contributed by atoms with Crippen LogP contribution in [-0.2, 0) is 6.54 Å². The maximum Gasteiger partial charge on any atom is 0.129 e. The quantitative estimate of drug-likeness (QED) is 0.876. The molecule has 0 unspecified atom stereocenters. The van der Waals surface area contributed by atoms with Gasteiger partial charge in [0.1, 0.15) is 10.4 Å². The van der Waals surface area contributed by atoms with E-state index in [0.29, 0.717) is 23.4 Å². The number of rotatable bonds is 3. The molecule has 2 rings (SSSR count). The Morgan fingerprint density at radius 3 is 2.89 bits per heavy atom. The van der Waals surface area contributed by atoms with Gasteiger partial charge in [-0.05, 0) is 47.1 Å². The van der Waals surface area contributed by atoms with Crippen molar-refractivity contribution < 1.29 is 4.39 Å². The number of benzene rings is 1. The first-order valence-electron chi connectivity index (χ1n) is 5.65. The molecule has 96 valence electrons. The molecule has 0 radical (unpaired) electrons. The van der Waals surface area contributed by atoms with Crippen LogP contribution in [0.4, 0.5) is 10.1 Å². The van der Waals surface area contributed by atoms with Crippen LogP contribution in [-0.4, -0.2) is 4.98 Å². The molecule has 0 saturated heterocycles. The van der Waals surface area contributed by atoms with Gasteiger partial charge in [-0.2, -0.15) is 5.26 Å². The Balaban J connectivity index is 2.20. The summed E-state index contributed by atoms with van der Waals surface area (Å²) in [6.45, 7) is 2.14. The van der Waals surface area contributed by atoms with E-state index < -0.39 is 0 Å². The average Bonchev–Trinajstić information content (AvgIpc) is 2.40. The Labute approximate surface area is 119 Å². The molecule has 5 heteroatoms. The van der Waals surface area contributed by atoms with Gasteiger partial charge in [0.15, 0.2) is 0 Å².